The van der Waals surface area contributed by atoms with Crippen LogP contribution < -0.4 is 10.1 Å². The van der Waals surface area contributed by atoms with Gasteiger partial charge in [-0.3, -0.25) is 4.79 Å². The third kappa shape index (κ3) is 4.96. The van der Waals surface area contributed by atoms with Crippen LogP contribution in [0.25, 0.3) is 11.1 Å². The minimum Gasteiger partial charge on any atom is -0.488 e. The van der Waals surface area contributed by atoms with Crippen LogP contribution in [0.15, 0.2) is 65.6 Å². The van der Waals surface area contributed by atoms with E-state index in [-0.39, 0.29) is 29.9 Å². The zero-order chi connectivity index (χ0) is 22.9. The van der Waals surface area contributed by atoms with Crippen LogP contribution in [-0.2, 0) is 27.5 Å². The fourth-order valence-corrected chi connectivity index (χ4v) is 4.26. The number of nitrogens with one attached hydrogen (secondary N) is 1. The van der Waals surface area contributed by atoms with Crippen molar-refractivity contribution in [2.45, 2.75) is 23.8 Å². The maximum absolute atomic E-state index is 13.3. The van der Waals surface area contributed by atoms with Crippen molar-refractivity contribution in [1.82, 2.24) is 5.32 Å². The van der Waals surface area contributed by atoms with Crippen molar-refractivity contribution >= 4 is 15.7 Å². The number of hydrogen-bond donors (Lipinski definition) is 1. The summed E-state index contributed by atoms with van der Waals surface area (Å²) in [4.78, 5) is 12.4. The molecule has 0 saturated heterocycles. The molecule has 0 aliphatic carbocycles. The lowest BCUT2D eigenvalue weighted by molar-refractivity contribution is -0.120. The Morgan fingerprint density at radius 2 is 1.72 bits per heavy atom. The van der Waals surface area contributed by atoms with Gasteiger partial charge < -0.3 is 10.1 Å². The van der Waals surface area contributed by atoms with E-state index in [4.69, 9.17) is 4.74 Å². The van der Waals surface area contributed by atoms with Crippen LogP contribution >= 0.6 is 0 Å². The van der Waals surface area contributed by atoms with Crippen molar-refractivity contribution in [3.05, 3.63) is 83.4 Å². The molecule has 0 spiro atoms. The lowest BCUT2D eigenvalue weighted by atomic mass is 10.0. The number of hydrogen-bond acceptors (Lipinski definition) is 4. The Morgan fingerprint density at radius 1 is 1.00 bits per heavy atom. The van der Waals surface area contributed by atoms with Gasteiger partial charge in [-0.2, -0.15) is 0 Å². The molecular weight excluding hydrogens is 436 g/mol. The minimum atomic E-state index is -3.25. The van der Waals surface area contributed by atoms with Gasteiger partial charge >= 0.3 is 0 Å². The standard InChI is InChI=1S/C24H21F2NO4S/c1-32(29,30)20-6-3-16(4-7-20)17-5-9-23-18(12-17)13-19(31-23)14-27-24(28)11-15-2-8-21(25)22(26)10-15/h2-10,12,19H,11,13-14H2,1H3,(H,27,28)/t19-/m1/s1. The summed E-state index contributed by atoms with van der Waals surface area (Å²) in [6.07, 6.45) is 1.49. The van der Waals surface area contributed by atoms with E-state index in [2.05, 4.69) is 5.32 Å². The first-order valence-electron chi connectivity index (χ1n) is 10.00. The lowest BCUT2D eigenvalue weighted by Gasteiger charge is -2.12. The molecule has 1 atom stereocenters. The Morgan fingerprint density at radius 3 is 2.41 bits per heavy atom. The van der Waals surface area contributed by atoms with E-state index in [1.54, 1.807) is 24.3 Å². The van der Waals surface area contributed by atoms with Gasteiger partial charge in [0, 0.05) is 12.7 Å². The molecule has 0 fully saturated rings. The van der Waals surface area contributed by atoms with Crippen molar-refractivity contribution in [3.8, 4) is 16.9 Å². The largest absolute Gasteiger partial charge is 0.488 e. The predicted molar refractivity (Wildman–Crippen MR) is 116 cm³/mol. The van der Waals surface area contributed by atoms with Gasteiger partial charge in [-0.25, -0.2) is 17.2 Å². The molecule has 1 aliphatic heterocycles. The van der Waals surface area contributed by atoms with Crippen LogP contribution in [0.5, 0.6) is 5.75 Å². The number of carbonyl (C=O) groups excluding carboxylic acids is 1. The average Bonchev–Trinajstić information content (AvgIpc) is 3.16. The Kier molecular flexibility index (Phi) is 5.97. The number of benzene rings is 3. The van der Waals surface area contributed by atoms with Crippen LogP contribution in [0.4, 0.5) is 8.78 Å². The SMILES string of the molecule is CS(=O)(=O)c1ccc(-c2ccc3c(c2)C[C@H](CNC(=O)Cc2ccc(F)c(F)c2)O3)cc1. The molecule has 1 heterocycles. The summed E-state index contributed by atoms with van der Waals surface area (Å²) in [5.41, 5.74) is 3.22. The third-order valence-corrected chi connectivity index (χ3v) is 6.42. The van der Waals surface area contributed by atoms with Crippen LogP contribution in [-0.4, -0.2) is 33.2 Å². The molecule has 8 heteroatoms. The summed E-state index contributed by atoms with van der Waals surface area (Å²) in [5.74, 6) is -1.49. The topological polar surface area (TPSA) is 72.5 Å². The molecule has 0 bridgehead atoms. The molecule has 1 N–H and O–H groups in total. The van der Waals surface area contributed by atoms with Crippen molar-refractivity contribution in [2.24, 2.45) is 0 Å². The Balaban J connectivity index is 1.36. The highest BCUT2D eigenvalue weighted by Gasteiger charge is 2.24. The third-order valence-electron chi connectivity index (χ3n) is 5.29. The van der Waals surface area contributed by atoms with Crippen molar-refractivity contribution in [1.29, 1.82) is 0 Å². The monoisotopic (exact) mass is 457 g/mol. The van der Waals surface area contributed by atoms with Gasteiger partial charge in [0.25, 0.3) is 0 Å². The molecular formula is C24H21F2NO4S. The Labute approximate surface area is 185 Å². The molecule has 1 aliphatic rings. The van der Waals surface area contributed by atoms with E-state index in [1.165, 1.54) is 12.3 Å². The number of halogens is 2. The quantitative estimate of drug-likeness (QED) is 0.613. The molecule has 0 aromatic heterocycles. The lowest BCUT2D eigenvalue weighted by Crippen LogP contribution is -2.35. The Hall–Kier alpha value is -3.26. The smallest absolute Gasteiger partial charge is 0.224 e. The van der Waals surface area contributed by atoms with Crippen LogP contribution in [0, 0.1) is 11.6 Å². The van der Waals surface area contributed by atoms with E-state index >= 15 is 0 Å². The summed E-state index contributed by atoms with van der Waals surface area (Å²) >= 11 is 0. The molecule has 5 nitrogen and oxygen atoms in total. The highest BCUT2D eigenvalue weighted by Crippen LogP contribution is 2.33. The van der Waals surface area contributed by atoms with Gasteiger partial charge in [-0.05, 0) is 58.7 Å². The number of ether oxygens (including phenoxy) is 1. The second kappa shape index (κ2) is 8.70. The second-order valence-electron chi connectivity index (χ2n) is 7.79. The predicted octanol–water partition coefficient (Wildman–Crippen LogP) is 3.70. The highest BCUT2D eigenvalue weighted by atomic mass is 32.2. The van der Waals surface area contributed by atoms with E-state index in [1.807, 2.05) is 18.2 Å². The molecule has 3 aromatic carbocycles. The summed E-state index contributed by atoms with van der Waals surface area (Å²) in [6, 6.07) is 15.9. The fourth-order valence-electron chi connectivity index (χ4n) is 3.63. The summed E-state index contributed by atoms with van der Waals surface area (Å²) in [7, 11) is -3.25. The van der Waals surface area contributed by atoms with Gasteiger partial charge in [-0.15, -0.1) is 0 Å². The normalized spacial score (nSPS) is 15.2. The van der Waals surface area contributed by atoms with E-state index in [0.29, 0.717) is 12.0 Å². The van der Waals surface area contributed by atoms with Gasteiger partial charge in [0.15, 0.2) is 21.5 Å². The van der Waals surface area contributed by atoms with Crippen molar-refractivity contribution in [2.75, 3.05) is 12.8 Å². The highest BCUT2D eigenvalue weighted by molar-refractivity contribution is 7.90. The van der Waals surface area contributed by atoms with E-state index < -0.39 is 21.5 Å². The van der Waals surface area contributed by atoms with E-state index in [9.17, 15) is 22.0 Å². The second-order valence-corrected chi connectivity index (χ2v) is 9.81. The minimum absolute atomic E-state index is 0.0511. The molecule has 166 valence electrons. The number of fused-ring (bicyclic) bond motifs is 1. The number of sulfone groups is 1. The Bertz CT molecular complexity index is 1270. The first-order chi connectivity index (χ1) is 15.2. The average molecular weight is 457 g/mol. The first-order valence-corrected chi connectivity index (χ1v) is 11.9. The van der Waals surface area contributed by atoms with Gasteiger partial charge in [0.2, 0.25) is 5.91 Å². The number of rotatable bonds is 6. The van der Waals surface area contributed by atoms with Crippen molar-refractivity contribution in [3.63, 3.8) is 0 Å². The summed E-state index contributed by atoms with van der Waals surface area (Å²) < 4.78 is 55.4. The molecule has 1 amide bonds. The maximum atomic E-state index is 13.3. The first kappa shape index (κ1) is 22.0. The summed E-state index contributed by atoms with van der Waals surface area (Å²) in [5, 5.41) is 2.77. The number of amides is 1. The van der Waals surface area contributed by atoms with Crippen LogP contribution in [0.2, 0.25) is 0 Å². The van der Waals surface area contributed by atoms with Gasteiger partial charge in [0.1, 0.15) is 11.9 Å². The van der Waals surface area contributed by atoms with Crippen LogP contribution in [0.3, 0.4) is 0 Å². The van der Waals surface area contributed by atoms with Gasteiger partial charge in [-0.1, -0.05) is 24.3 Å². The van der Waals surface area contributed by atoms with Crippen molar-refractivity contribution < 1.29 is 26.7 Å². The molecule has 32 heavy (non-hydrogen) atoms. The van der Waals surface area contributed by atoms with E-state index in [0.717, 1.165) is 34.6 Å². The molecule has 3 aromatic rings. The zero-order valence-corrected chi connectivity index (χ0v) is 18.1. The zero-order valence-electron chi connectivity index (χ0n) is 17.3. The fraction of sp³-hybridized carbons (Fsp3) is 0.208. The molecule has 4 rings (SSSR count). The number of carbonyl (C=O) groups is 1. The summed E-state index contributed by atoms with van der Waals surface area (Å²) in [6.45, 7) is 0.287. The molecule has 0 unspecified atom stereocenters. The van der Waals surface area contributed by atoms with Crippen LogP contribution in [0.1, 0.15) is 11.1 Å². The maximum Gasteiger partial charge on any atom is 0.224 e. The van der Waals surface area contributed by atoms with Gasteiger partial charge in [0.05, 0.1) is 17.9 Å². The molecule has 0 saturated carbocycles. The molecule has 0 radical (unpaired) electrons.